The van der Waals surface area contributed by atoms with E-state index in [1.165, 1.54) is 19.2 Å². The van der Waals surface area contributed by atoms with Gasteiger partial charge in [-0.05, 0) is 50.1 Å². The molecule has 0 unspecified atom stereocenters. The summed E-state index contributed by atoms with van der Waals surface area (Å²) in [6.45, 7) is 0. The summed E-state index contributed by atoms with van der Waals surface area (Å²) in [6, 6.07) is 6.31. The minimum atomic E-state index is -1.10. The maximum absolute atomic E-state index is 11.2. The number of carbonyl (C=O) groups is 1. The fraction of sp³-hybridized carbons (Fsp3) is 0.0769. The third-order valence-electron chi connectivity index (χ3n) is 2.59. The van der Waals surface area contributed by atoms with Crippen LogP contribution in [-0.2, 0) is 0 Å². The molecule has 0 spiro atoms. The number of aromatic carboxylic acids is 1. The molecule has 0 atom stereocenters. The molecule has 1 aromatic carbocycles. The lowest BCUT2D eigenvalue weighted by Crippen LogP contribution is -2.05. The molecule has 110 valence electrons. The third-order valence-corrected chi connectivity index (χ3v) is 4.07. The highest BCUT2D eigenvalue weighted by atomic mass is 79.9. The van der Waals surface area contributed by atoms with Crippen molar-refractivity contribution in [2.75, 3.05) is 12.4 Å². The van der Waals surface area contributed by atoms with Gasteiger partial charge in [-0.1, -0.05) is 11.6 Å². The summed E-state index contributed by atoms with van der Waals surface area (Å²) in [5.41, 5.74) is 0.625. The number of pyridine rings is 1. The lowest BCUT2D eigenvalue weighted by molar-refractivity contribution is 0.0697. The van der Waals surface area contributed by atoms with E-state index >= 15 is 0 Å². The number of aromatic nitrogens is 1. The standard InChI is InChI=1S/C13H9Br2ClN2O3/c1-21-10-5-9(7(14)4-8(10)15)17-12-6(13(19)20)2-3-11(16)18-12/h2-5H,1H3,(H,17,18)(H,19,20). The molecular weight excluding hydrogens is 427 g/mol. The Balaban J connectivity index is 2.47. The third kappa shape index (κ3) is 3.66. The highest BCUT2D eigenvalue weighted by molar-refractivity contribution is 9.11. The Morgan fingerprint density at radius 3 is 2.67 bits per heavy atom. The van der Waals surface area contributed by atoms with Crippen LogP contribution in [0.15, 0.2) is 33.2 Å². The number of carboxylic acid groups (broad SMARTS) is 1. The number of nitrogens with one attached hydrogen (secondary N) is 1. The number of benzene rings is 1. The first-order valence-corrected chi connectivity index (χ1v) is 7.58. The molecule has 2 aromatic rings. The molecule has 0 aliphatic carbocycles. The summed E-state index contributed by atoms with van der Waals surface area (Å²) in [5, 5.41) is 12.3. The molecule has 2 N–H and O–H groups in total. The average molecular weight is 436 g/mol. The van der Waals surface area contributed by atoms with Crippen molar-refractivity contribution in [3.05, 3.63) is 43.9 Å². The predicted molar refractivity (Wildman–Crippen MR) is 87.9 cm³/mol. The first-order chi connectivity index (χ1) is 9.92. The highest BCUT2D eigenvalue weighted by Crippen LogP contribution is 2.36. The van der Waals surface area contributed by atoms with Gasteiger partial charge < -0.3 is 15.2 Å². The highest BCUT2D eigenvalue weighted by Gasteiger charge is 2.15. The Labute approximate surface area is 142 Å². The quantitative estimate of drug-likeness (QED) is 0.680. The number of hydrogen-bond acceptors (Lipinski definition) is 4. The molecule has 0 aliphatic rings. The Hall–Kier alpha value is -1.31. The summed E-state index contributed by atoms with van der Waals surface area (Å²) in [7, 11) is 1.54. The van der Waals surface area contributed by atoms with Crippen molar-refractivity contribution < 1.29 is 14.6 Å². The van der Waals surface area contributed by atoms with Gasteiger partial charge >= 0.3 is 5.97 Å². The topological polar surface area (TPSA) is 71.5 Å². The maximum atomic E-state index is 11.2. The molecular formula is C13H9Br2ClN2O3. The predicted octanol–water partition coefficient (Wildman–Crippen LogP) is 4.71. The fourth-order valence-corrected chi connectivity index (χ4v) is 3.01. The van der Waals surface area contributed by atoms with Crippen LogP contribution in [0.2, 0.25) is 5.15 Å². The van der Waals surface area contributed by atoms with E-state index in [-0.39, 0.29) is 16.5 Å². The molecule has 0 fully saturated rings. The molecule has 0 bridgehead atoms. The van der Waals surface area contributed by atoms with E-state index in [1.54, 1.807) is 12.1 Å². The van der Waals surface area contributed by atoms with Gasteiger partial charge in [0.2, 0.25) is 0 Å². The van der Waals surface area contributed by atoms with Crippen LogP contribution in [0, 0.1) is 0 Å². The van der Waals surface area contributed by atoms with Gasteiger partial charge in [0.05, 0.1) is 17.3 Å². The summed E-state index contributed by atoms with van der Waals surface area (Å²) in [5.74, 6) is -0.346. The van der Waals surface area contributed by atoms with Crippen molar-refractivity contribution in [3.63, 3.8) is 0 Å². The van der Waals surface area contributed by atoms with Crippen molar-refractivity contribution in [1.29, 1.82) is 0 Å². The van der Waals surface area contributed by atoms with Crippen LogP contribution in [0.25, 0.3) is 0 Å². The Morgan fingerprint density at radius 2 is 2.05 bits per heavy atom. The second-order valence-corrected chi connectivity index (χ2v) is 6.02. The van der Waals surface area contributed by atoms with Crippen LogP contribution < -0.4 is 10.1 Å². The zero-order valence-electron chi connectivity index (χ0n) is 10.7. The lowest BCUT2D eigenvalue weighted by Gasteiger charge is -2.13. The lowest BCUT2D eigenvalue weighted by atomic mass is 10.2. The average Bonchev–Trinajstić information content (AvgIpc) is 2.41. The van der Waals surface area contributed by atoms with Gasteiger partial charge in [0.25, 0.3) is 0 Å². The SMILES string of the molecule is COc1cc(Nc2nc(Cl)ccc2C(=O)O)c(Br)cc1Br. The Morgan fingerprint density at radius 1 is 1.33 bits per heavy atom. The van der Waals surface area contributed by atoms with E-state index in [2.05, 4.69) is 42.2 Å². The molecule has 0 saturated heterocycles. The molecule has 0 saturated carbocycles. The summed E-state index contributed by atoms with van der Waals surface area (Å²) >= 11 is 12.6. The minimum Gasteiger partial charge on any atom is -0.495 e. The number of carboxylic acids is 1. The fourth-order valence-electron chi connectivity index (χ4n) is 1.61. The number of ether oxygens (including phenoxy) is 1. The molecule has 5 nitrogen and oxygen atoms in total. The largest absolute Gasteiger partial charge is 0.495 e. The van der Waals surface area contributed by atoms with Gasteiger partial charge in [-0.2, -0.15) is 0 Å². The second kappa shape index (κ2) is 6.64. The van der Waals surface area contributed by atoms with Crippen LogP contribution in [-0.4, -0.2) is 23.2 Å². The first-order valence-electron chi connectivity index (χ1n) is 5.62. The molecule has 0 radical (unpaired) electrons. The zero-order chi connectivity index (χ0) is 15.6. The van der Waals surface area contributed by atoms with Crippen molar-refractivity contribution in [2.24, 2.45) is 0 Å². The number of halogens is 3. The van der Waals surface area contributed by atoms with E-state index in [4.69, 9.17) is 16.3 Å². The van der Waals surface area contributed by atoms with Crippen LogP contribution in [0.4, 0.5) is 11.5 Å². The van der Waals surface area contributed by atoms with Gasteiger partial charge in [0, 0.05) is 10.5 Å². The Bertz CT molecular complexity index is 710. The van der Waals surface area contributed by atoms with Gasteiger partial charge in [0.15, 0.2) is 0 Å². The summed E-state index contributed by atoms with van der Waals surface area (Å²) in [6.07, 6.45) is 0. The molecule has 1 heterocycles. The van der Waals surface area contributed by atoms with E-state index in [1.807, 2.05) is 0 Å². The van der Waals surface area contributed by atoms with Crippen molar-refractivity contribution in [1.82, 2.24) is 4.98 Å². The van der Waals surface area contributed by atoms with Gasteiger partial charge in [0.1, 0.15) is 22.3 Å². The van der Waals surface area contributed by atoms with Crippen LogP contribution >= 0.6 is 43.5 Å². The molecule has 0 aliphatic heterocycles. The number of hydrogen-bond donors (Lipinski definition) is 2. The van der Waals surface area contributed by atoms with Gasteiger partial charge in [-0.15, -0.1) is 0 Å². The zero-order valence-corrected chi connectivity index (χ0v) is 14.6. The number of nitrogens with zero attached hydrogens (tertiary/aromatic N) is 1. The van der Waals surface area contributed by atoms with E-state index < -0.39 is 5.97 Å². The number of anilines is 2. The van der Waals surface area contributed by atoms with Crippen LogP contribution in [0.1, 0.15) is 10.4 Å². The molecule has 0 amide bonds. The number of rotatable bonds is 4. The normalized spacial score (nSPS) is 10.3. The van der Waals surface area contributed by atoms with Crippen LogP contribution in [0.3, 0.4) is 0 Å². The molecule has 1 aromatic heterocycles. The smallest absolute Gasteiger partial charge is 0.339 e. The summed E-state index contributed by atoms with van der Waals surface area (Å²) < 4.78 is 6.69. The van der Waals surface area contributed by atoms with Crippen molar-refractivity contribution in [2.45, 2.75) is 0 Å². The van der Waals surface area contributed by atoms with Crippen molar-refractivity contribution in [3.8, 4) is 5.75 Å². The number of methoxy groups -OCH3 is 1. The Kier molecular flexibility index (Phi) is 5.08. The molecule has 21 heavy (non-hydrogen) atoms. The first kappa shape index (κ1) is 16.1. The van der Waals surface area contributed by atoms with Crippen molar-refractivity contribution >= 4 is 60.9 Å². The van der Waals surface area contributed by atoms with E-state index in [9.17, 15) is 9.90 Å². The van der Waals surface area contributed by atoms with Gasteiger partial charge in [-0.25, -0.2) is 9.78 Å². The van der Waals surface area contributed by atoms with Crippen LogP contribution in [0.5, 0.6) is 5.75 Å². The minimum absolute atomic E-state index is 0.0215. The second-order valence-electron chi connectivity index (χ2n) is 3.93. The van der Waals surface area contributed by atoms with E-state index in [0.29, 0.717) is 15.9 Å². The van der Waals surface area contributed by atoms with Gasteiger partial charge in [-0.3, -0.25) is 0 Å². The monoisotopic (exact) mass is 434 g/mol. The molecule has 8 heteroatoms. The maximum Gasteiger partial charge on any atom is 0.339 e. The molecule has 2 rings (SSSR count). The summed E-state index contributed by atoms with van der Waals surface area (Å²) in [4.78, 5) is 15.2. The van der Waals surface area contributed by atoms with E-state index in [0.717, 1.165) is 4.47 Å².